The number of benzene rings is 1. The minimum Gasteiger partial charge on any atom is -0.467 e. The summed E-state index contributed by atoms with van der Waals surface area (Å²) in [6.07, 6.45) is 1.46. The molecule has 2 saturated heterocycles. The maximum absolute atomic E-state index is 13.3. The van der Waals surface area contributed by atoms with E-state index in [2.05, 4.69) is 31.9 Å². The third kappa shape index (κ3) is 3.91. The lowest BCUT2D eigenvalue weighted by molar-refractivity contribution is -0.160. The summed E-state index contributed by atoms with van der Waals surface area (Å²) in [7, 11) is 1.32. The maximum Gasteiger partial charge on any atom is 0.407 e. The van der Waals surface area contributed by atoms with Crippen LogP contribution < -0.4 is 0 Å². The minimum atomic E-state index is -1.13. The van der Waals surface area contributed by atoms with Gasteiger partial charge in [-0.3, -0.25) is 9.69 Å². The highest BCUT2D eigenvalue weighted by molar-refractivity contribution is 9.11. The van der Waals surface area contributed by atoms with E-state index >= 15 is 0 Å². The summed E-state index contributed by atoms with van der Waals surface area (Å²) in [4.78, 5) is 40.4. The number of hydrogen-bond acceptors (Lipinski definition) is 4. The molecule has 1 N–H and O–H groups in total. The Kier molecular flexibility index (Phi) is 6.34. The van der Waals surface area contributed by atoms with E-state index < -0.39 is 23.6 Å². The van der Waals surface area contributed by atoms with Crippen LogP contribution in [0, 0.1) is 0 Å². The van der Waals surface area contributed by atoms with Crippen molar-refractivity contribution in [3.63, 3.8) is 0 Å². The first kappa shape index (κ1) is 21.1. The normalized spacial score (nSPS) is 24.5. The fourth-order valence-corrected chi connectivity index (χ4v) is 5.73. The molecule has 2 fully saturated rings. The number of carbonyl (C=O) groups is 3. The molecule has 2 aliphatic rings. The van der Waals surface area contributed by atoms with E-state index in [1.807, 2.05) is 18.2 Å². The molecular weight excluding hydrogens is 496 g/mol. The molecule has 1 aromatic carbocycles. The number of likely N-dealkylation sites (tertiary alicyclic amines) is 2. The zero-order valence-electron chi connectivity index (χ0n) is 15.5. The molecule has 9 heteroatoms. The van der Waals surface area contributed by atoms with E-state index in [0.717, 1.165) is 14.5 Å². The van der Waals surface area contributed by atoms with Gasteiger partial charge in [0, 0.05) is 28.5 Å². The molecule has 1 aromatic rings. The highest BCUT2D eigenvalue weighted by Gasteiger charge is 2.53. The fourth-order valence-electron chi connectivity index (χ4n) is 4.34. The Morgan fingerprint density at radius 1 is 1.18 bits per heavy atom. The average Bonchev–Trinajstić information content (AvgIpc) is 3.27. The number of rotatable bonds is 4. The molecule has 0 saturated carbocycles. The molecule has 0 aromatic heterocycles. The lowest BCUT2D eigenvalue weighted by atomic mass is 9.87. The van der Waals surface area contributed by atoms with Crippen molar-refractivity contribution >= 4 is 49.8 Å². The molecule has 2 amide bonds. The zero-order valence-corrected chi connectivity index (χ0v) is 18.7. The number of amides is 2. The number of nitrogens with zero attached hydrogens (tertiary/aromatic N) is 2. The van der Waals surface area contributed by atoms with Crippen LogP contribution in [0.5, 0.6) is 0 Å². The van der Waals surface area contributed by atoms with Crippen molar-refractivity contribution in [2.75, 3.05) is 20.2 Å². The Balaban J connectivity index is 1.95. The summed E-state index contributed by atoms with van der Waals surface area (Å²) < 4.78 is 6.82. The lowest BCUT2D eigenvalue weighted by Crippen LogP contribution is -2.59. The Morgan fingerprint density at radius 2 is 1.86 bits per heavy atom. The molecule has 28 heavy (non-hydrogen) atoms. The van der Waals surface area contributed by atoms with Crippen LogP contribution in [0.4, 0.5) is 4.79 Å². The van der Waals surface area contributed by atoms with E-state index in [1.165, 1.54) is 12.0 Å². The number of carbonyl (C=O) groups excluding carboxylic acids is 2. The number of halogens is 2. The minimum absolute atomic E-state index is 0.308. The standard InChI is InChI=1S/C19H22Br2N2O5/c1-28-17(25)19(11-12-8-13(20)10-14(21)9-12)5-3-7-23(19)16(24)15-4-2-6-22(15)18(26)27/h8-10,15H,2-7,11H2,1H3,(H,26,27)/t15?,19-/m1/s1. The van der Waals surface area contributed by atoms with Gasteiger partial charge in [-0.05, 0) is 49.4 Å². The van der Waals surface area contributed by atoms with Crippen molar-refractivity contribution in [1.29, 1.82) is 0 Å². The zero-order chi connectivity index (χ0) is 20.5. The molecule has 2 atom stereocenters. The van der Waals surface area contributed by atoms with Crippen LogP contribution in [0.3, 0.4) is 0 Å². The van der Waals surface area contributed by atoms with Gasteiger partial charge in [-0.25, -0.2) is 9.59 Å². The number of methoxy groups -OCH3 is 1. The number of hydrogen-bond donors (Lipinski definition) is 1. The molecule has 2 heterocycles. The van der Waals surface area contributed by atoms with Gasteiger partial charge in [-0.2, -0.15) is 0 Å². The van der Waals surface area contributed by atoms with Crippen LogP contribution in [-0.2, 0) is 20.7 Å². The first-order valence-corrected chi connectivity index (χ1v) is 10.7. The topological polar surface area (TPSA) is 87.2 Å². The smallest absolute Gasteiger partial charge is 0.407 e. The Bertz CT molecular complexity index is 782. The number of ether oxygens (including phenoxy) is 1. The number of carboxylic acid groups (broad SMARTS) is 1. The van der Waals surface area contributed by atoms with Crippen LogP contribution >= 0.6 is 31.9 Å². The summed E-state index contributed by atoms with van der Waals surface area (Å²) >= 11 is 6.91. The molecule has 0 bridgehead atoms. The quantitative estimate of drug-likeness (QED) is 0.618. The van der Waals surface area contributed by atoms with Gasteiger partial charge < -0.3 is 14.7 Å². The predicted molar refractivity (Wildman–Crippen MR) is 109 cm³/mol. The van der Waals surface area contributed by atoms with E-state index in [1.54, 1.807) is 4.90 Å². The van der Waals surface area contributed by atoms with Gasteiger partial charge in [0.05, 0.1) is 7.11 Å². The predicted octanol–water partition coefficient (Wildman–Crippen LogP) is 3.43. The largest absolute Gasteiger partial charge is 0.467 e. The summed E-state index contributed by atoms with van der Waals surface area (Å²) in [5.41, 5.74) is -0.244. The van der Waals surface area contributed by atoms with Gasteiger partial charge in [0.2, 0.25) is 5.91 Å². The van der Waals surface area contributed by atoms with Crippen molar-refractivity contribution in [2.24, 2.45) is 0 Å². The lowest BCUT2D eigenvalue weighted by Gasteiger charge is -2.38. The van der Waals surface area contributed by atoms with Crippen molar-refractivity contribution < 1.29 is 24.2 Å². The molecule has 7 nitrogen and oxygen atoms in total. The summed E-state index contributed by atoms with van der Waals surface area (Å²) in [6, 6.07) is 4.98. The van der Waals surface area contributed by atoms with Crippen LogP contribution in [-0.4, -0.2) is 64.7 Å². The summed E-state index contributed by atoms with van der Waals surface area (Å²) in [5.74, 6) is -0.772. The van der Waals surface area contributed by atoms with Gasteiger partial charge >= 0.3 is 12.1 Å². The first-order valence-electron chi connectivity index (χ1n) is 9.13. The molecular formula is C19H22Br2N2O5. The van der Waals surface area contributed by atoms with Crippen molar-refractivity contribution in [1.82, 2.24) is 9.80 Å². The maximum atomic E-state index is 13.3. The summed E-state index contributed by atoms with van der Waals surface area (Å²) in [6.45, 7) is 0.746. The molecule has 0 radical (unpaired) electrons. The monoisotopic (exact) mass is 516 g/mol. The molecule has 0 aliphatic carbocycles. The van der Waals surface area contributed by atoms with E-state index in [-0.39, 0.29) is 5.91 Å². The second-order valence-corrected chi connectivity index (χ2v) is 9.04. The summed E-state index contributed by atoms with van der Waals surface area (Å²) in [5, 5.41) is 9.41. The van der Waals surface area contributed by atoms with Crippen LogP contribution in [0.25, 0.3) is 0 Å². The second-order valence-electron chi connectivity index (χ2n) is 7.21. The average molecular weight is 518 g/mol. The van der Waals surface area contributed by atoms with Crippen molar-refractivity contribution in [2.45, 2.75) is 43.7 Å². The van der Waals surface area contributed by atoms with Gasteiger partial charge in [0.15, 0.2) is 0 Å². The molecule has 2 aliphatic heterocycles. The van der Waals surface area contributed by atoms with Gasteiger partial charge in [0.25, 0.3) is 0 Å². The van der Waals surface area contributed by atoms with Crippen LogP contribution in [0.15, 0.2) is 27.1 Å². The third-order valence-electron chi connectivity index (χ3n) is 5.52. The Morgan fingerprint density at radius 3 is 2.46 bits per heavy atom. The SMILES string of the molecule is COC(=O)[C@]1(Cc2cc(Br)cc(Br)c2)CCCN1C(=O)C1CCCN1C(=O)O. The Labute approximate surface area is 180 Å². The molecule has 152 valence electrons. The van der Waals surface area contributed by atoms with Crippen molar-refractivity contribution in [3.05, 3.63) is 32.7 Å². The fraction of sp³-hybridized carbons (Fsp3) is 0.526. The third-order valence-corrected chi connectivity index (χ3v) is 6.44. The highest BCUT2D eigenvalue weighted by Crippen LogP contribution is 2.37. The first-order chi connectivity index (χ1) is 13.3. The van der Waals surface area contributed by atoms with Gasteiger partial charge in [0.1, 0.15) is 11.6 Å². The molecule has 0 spiro atoms. The van der Waals surface area contributed by atoms with E-state index in [9.17, 15) is 19.5 Å². The van der Waals surface area contributed by atoms with Crippen LogP contribution in [0.1, 0.15) is 31.2 Å². The van der Waals surface area contributed by atoms with Gasteiger partial charge in [-0.15, -0.1) is 0 Å². The Hall–Kier alpha value is -1.61. The second kappa shape index (κ2) is 8.41. The highest BCUT2D eigenvalue weighted by atomic mass is 79.9. The molecule has 3 rings (SSSR count). The van der Waals surface area contributed by atoms with Crippen LogP contribution in [0.2, 0.25) is 0 Å². The number of esters is 1. The molecule has 1 unspecified atom stereocenters. The van der Waals surface area contributed by atoms with E-state index in [0.29, 0.717) is 45.2 Å². The van der Waals surface area contributed by atoms with Crippen molar-refractivity contribution in [3.8, 4) is 0 Å². The van der Waals surface area contributed by atoms with Gasteiger partial charge in [-0.1, -0.05) is 31.9 Å². The van der Waals surface area contributed by atoms with E-state index in [4.69, 9.17) is 4.74 Å².